The molecule has 1 fully saturated rings. The van der Waals surface area contributed by atoms with Crippen LogP contribution in [0.25, 0.3) is 0 Å². The van der Waals surface area contributed by atoms with Gasteiger partial charge in [-0.15, -0.1) is 0 Å². The van der Waals surface area contributed by atoms with Crippen molar-refractivity contribution in [2.24, 2.45) is 0 Å². The maximum atomic E-state index is 13.3. The van der Waals surface area contributed by atoms with E-state index in [1.807, 2.05) is 53.4 Å². The van der Waals surface area contributed by atoms with E-state index in [1.165, 1.54) is 0 Å². The Morgan fingerprint density at radius 1 is 0.963 bits per heavy atom. The number of fused-ring (bicyclic) bond motifs is 1. The van der Waals surface area contributed by atoms with Crippen molar-refractivity contribution in [3.63, 3.8) is 0 Å². The summed E-state index contributed by atoms with van der Waals surface area (Å²) in [5.74, 6) is 0.0127. The Balaban J connectivity index is 1.54. The van der Waals surface area contributed by atoms with E-state index in [-0.39, 0.29) is 17.9 Å². The first kappa shape index (κ1) is 18.1. The molecule has 1 saturated heterocycles. The molecule has 0 saturated carbocycles. The van der Waals surface area contributed by atoms with Crippen LogP contribution in [-0.4, -0.2) is 40.7 Å². The summed E-state index contributed by atoms with van der Waals surface area (Å²) >= 11 is 6.29. The second-order valence-electron chi connectivity index (χ2n) is 7.26. The van der Waals surface area contributed by atoms with Crippen molar-refractivity contribution in [3.8, 4) is 0 Å². The van der Waals surface area contributed by atoms with E-state index < -0.39 is 0 Å². The van der Waals surface area contributed by atoms with Crippen molar-refractivity contribution in [1.82, 2.24) is 9.80 Å². The van der Waals surface area contributed by atoms with Crippen LogP contribution in [0, 0.1) is 0 Å². The highest BCUT2D eigenvalue weighted by Gasteiger charge is 2.36. The largest absolute Gasteiger partial charge is 0.336 e. The zero-order valence-corrected chi connectivity index (χ0v) is 16.0. The Morgan fingerprint density at radius 3 is 2.59 bits per heavy atom. The van der Waals surface area contributed by atoms with Gasteiger partial charge in [0.2, 0.25) is 5.91 Å². The number of likely N-dealkylation sites (tertiary alicyclic amines) is 1. The minimum atomic E-state index is -0.368. The predicted octanol–water partition coefficient (Wildman–Crippen LogP) is 3.92. The molecule has 0 spiro atoms. The molecule has 0 radical (unpaired) electrons. The zero-order valence-electron chi connectivity index (χ0n) is 15.2. The van der Waals surface area contributed by atoms with E-state index in [9.17, 15) is 9.59 Å². The van der Waals surface area contributed by atoms with E-state index >= 15 is 0 Å². The smallest absolute Gasteiger partial charge is 0.254 e. The molecule has 2 amide bonds. The number of piperidine rings is 1. The van der Waals surface area contributed by atoms with Gasteiger partial charge in [0.1, 0.15) is 6.04 Å². The highest BCUT2D eigenvalue weighted by Crippen LogP contribution is 2.28. The molecule has 0 aromatic heterocycles. The van der Waals surface area contributed by atoms with Crippen LogP contribution in [0.15, 0.2) is 48.5 Å². The molecule has 0 bridgehead atoms. The highest BCUT2D eigenvalue weighted by atomic mass is 35.5. The van der Waals surface area contributed by atoms with Crippen LogP contribution in [0.3, 0.4) is 0 Å². The number of benzene rings is 2. The van der Waals surface area contributed by atoms with E-state index in [2.05, 4.69) is 0 Å². The number of halogens is 1. The summed E-state index contributed by atoms with van der Waals surface area (Å²) in [4.78, 5) is 29.9. The van der Waals surface area contributed by atoms with Gasteiger partial charge in [-0.1, -0.05) is 41.9 Å². The van der Waals surface area contributed by atoms with Crippen molar-refractivity contribution in [3.05, 3.63) is 70.2 Å². The molecule has 27 heavy (non-hydrogen) atoms. The average molecular weight is 383 g/mol. The molecule has 2 aliphatic heterocycles. The number of hydrogen-bond donors (Lipinski definition) is 0. The predicted molar refractivity (Wildman–Crippen MR) is 106 cm³/mol. The summed E-state index contributed by atoms with van der Waals surface area (Å²) in [6.07, 6.45) is 3.42. The number of carbonyl (C=O) groups excluding carboxylic acids is 2. The van der Waals surface area contributed by atoms with Gasteiger partial charge in [0.15, 0.2) is 0 Å². The minimum Gasteiger partial charge on any atom is -0.336 e. The first-order valence-electron chi connectivity index (χ1n) is 9.56. The maximum absolute atomic E-state index is 13.3. The van der Waals surface area contributed by atoms with Gasteiger partial charge in [-0.05, 0) is 55.0 Å². The van der Waals surface area contributed by atoms with E-state index in [4.69, 9.17) is 11.6 Å². The van der Waals surface area contributed by atoms with Crippen LogP contribution in [0.5, 0.6) is 0 Å². The molecule has 2 aliphatic rings. The number of carbonyl (C=O) groups is 2. The molecule has 0 aliphatic carbocycles. The van der Waals surface area contributed by atoms with Gasteiger partial charge >= 0.3 is 0 Å². The fourth-order valence-corrected chi connectivity index (χ4v) is 4.43. The fourth-order valence-electron chi connectivity index (χ4n) is 4.14. The van der Waals surface area contributed by atoms with Gasteiger partial charge < -0.3 is 9.80 Å². The lowest BCUT2D eigenvalue weighted by Gasteiger charge is -2.39. The normalized spacial score (nSPS) is 19.5. The summed E-state index contributed by atoms with van der Waals surface area (Å²) in [5, 5.41) is 0.776. The Kier molecular flexibility index (Phi) is 5.17. The molecule has 1 atom stereocenters. The third kappa shape index (κ3) is 3.59. The molecule has 140 valence electrons. The summed E-state index contributed by atoms with van der Waals surface area (Å²) in [6, 6.07) is 14.8. The van der Waals surface area contributed by atoms with Gasteiger partial charge in [0.25, 0.3) is 5.91 Å². The van der Waals surface area contributed by atoms with E-state index in [1.54, 1.807) is 4.90 Å². The molecule has 0 N–H and O–H groups in total. The third-order valence-corrected chi connectivity index (χ3v) is 5.94. The monoisotopic (exact) mass is 382 g/mol. The molecular weight excluding hydrogens is 360 g/mol. The van der Waals surface area contributed by atoms with Crippen molar-refractivity contribution < 1.29 is 9.59 Å². The van der Waals surface area contributed by atoms with Crippen LogP contribution in [0.4, 0.5) is 0 Å². The average Bonchev–Trinajstić information content (AvgIpc) is 2.73. The van der Waals surface area contributed by atoms with E-state index in [0.717, 1.165) is 41.8 Å². The van der Waals surface area contributed by atoms with Crippen LogP contribution in [0.1, 0.15) is 40.7 Å². The summed E-state index contributed by atoms with van der Waals surface area (Å²) in [7, 11) is 0. The second kappa shape index (κ2) is 7.73. The molecule has 2 heterocycles. The van der Waals surface area contributed by atoms with Gasteiger partial charge in [0, 0.05) is 30.2 Å². The first-order valence-corrected chi connectivity index (χ1v) is 9.94. The molecule has 5 heteroatoms. The van der Waals surface area contributed by atoms with E-state index in [0.29, 0.717) is 25.2 Å². The third-order valence-electron chi connectivity index (χ3n) is 5.59. The maximum Gasteiger partial charge on any atom is 0.254 e. The highest BCUT2D eigenvalue weighted by molar-refractivity contribution is 6.31. The van der Waals surface area contributed by atoms with Crippen LogP contribution < -0.4 is 0 Å². The Labute approximate surface area is 164 Å². The summed E-state index contributed by atoms with van der Waals surface area (Å²) in [5.41, 5.74) is 2.90. The number of amides is 2. The van der Waals surface area contributed by atoms with Crippen LogP contribution >= 0.6 is 11.6 Å². The Hall–Kier alpha value is -2.33. The van der Waals surface area contributed by atoms with Gasteiger partial charge in [0.05, 0.1) is 0 Å². The molecule has 0 unspecified atom stereocenters. The lowest BCUT2D eigenvalue weighted by Crippen LogP contribution is -2.53. The molecule has 4 rings (SSSR count). The van der Waals surface area contributed by atoms with Crippen molar-refractivity contribution in [1.29, 1.82) is 0 Å². The quantitative estimate of drug-likeness (QED) is 0.789. The zero-order chi connectivity index (χ0) is 18.8. The Morgan fingerprint density at radius 2 is 1.78 bits per heavy atom. The SMILES string of the molecule is O=C([C@@H]1CCCCN1C(=O)c1ccccc1)N1CCc2c(Cl)cccc2C1. The van der Waals surface area contributed by atoms with Crippen LogP contribution in [-0.2, 0) is 17.8 Å². The van der Waals surface area contributed by atoms with Gasteiger partial charge in [-0.2, -0.15) is 0 Å². The topological polar surface area (TPSA) is 40.6 Å². The first-order chi connectivity index (χ1) is 13.1. The number of nitrogens with zero attached hydrogens (tertiary/aromatic N) is 2. The van der Waals surface area contributed by atoms with Gasteiger partial charge in [-0.3, -0.25) is 9.59 Å². The van der Waals surface area contributed by atoms with Crippen LogP contribution in [0.2, 0.25) is 5.02 Å². The Bertz CT molecular complexity index is 853. The molecular formula is C22H23ClN2O2. The standard InChI is InChI=1S/C22H23ClN2O2/c23-19-10-6-9-17-15-24(14-12-18(17)19)22(27)20-11-4-5-13-25(20)21(26)16-7-2-1-3-8-16/h1-3,6-10,20H,4-5,11-15H2/t20-/m0/s1. The summed E-state index contributed by atoms with van der Waals surface area (Å²) in [6.45, 7) is 1.86. The van der Waals surface area contributed by atoms with Crippen molar-refractivity contribution in [2.45, 2.75) is 38.3 Å². The second-order valence-corrected chi connectivity index (χ2v) is 7.67. The lowest BCUT2D eigenvalue weighted by atomic mass is 9.96. The van der Waals surface area contributed by atoms with Gasteiger partial charge in [-0.25, -0.2) is 0 Å². The lowest BCUT2D eigenvalue weighted by molar-refractivity contribution is -0.138. The van der Waals surface area contributed by atoms with Crippen molar-refractivity contribution in [2.75, 3.05) is 13.1 Å². The molecule has 4 nitrogen and oxygen atoms in total. The number of rotatable bonds is 2. The minimum absolute atomic E-state index is 0.0471. The molecule has 2 aromatic carbocycles. The fraction of sp³-hybridized carbons (Fsp3) is 0.364. The summed E-state index contributed by atoms with van der Waals surface area (Å²) < 4.78 is 0. The molecule has 2 aromatic rings. The number of hydrogen-bond acceptors (Lipinski definition) is 2. The van der Waals surface area contributed by atoms with Crippen molar-refractivity contribution >= 4 is 23.4 Å².